The molecule has 0 aliphatic carbocycles. The van der Waals surface area contributed by atoms with Crippen LogP contribution in [-0.4, -0.2) is 21.4 Å². The van der Waals surface area contributed by atoms with Crippen molar-refractivity contribution in [3.05, 3.63) is 16.1 Å². The molecule has 1 saturated heterocycles. The molecule has 88 valence electrons. The third kappa shape index (κ3) is 3.22. The van der Waals surface area contributed by atoms with Gasteiger partial charge >= 0.3 is 0 Å². The lowest BCUT2D eigenvalue weighted by Crippen LogP contribution is -2.38. The van der Waals surface area contributed by atoms with E-state index in [1.807, 2.05) is 24.9 Å². The summed E-state index contributed by atoms with van der Waals surface area (Å²) in [5.41, 5.74) is 0. The standard InChI is InChI=1S/C11H17N3S2/c1-7-4-8(2)15-11(14-7)13-6-10-5-12-9(3)16-10/h5,7-8H,4,6H2,1-3H3,(H,13,14). The summed E-state index contributed by atoms with van der Waals surface area (Å²) in [6.45, 7) is 7.25. The lowest BCUT2D eigenvalue weighted by Gasteiger charge is -2.26. The number of rotatable bonds is 2. The molecule has 1 aliphatic rings. The first kappa shape index (κ1) is 11.9. The lowest BCUT2D eigenvalue weighted by molar-refractivity contribution is 0.597. The Morgan fingerprint density at radius 3 is 3.00 bits per heavy atom. The summed E-state index contributed by atoms with van der Waals surface area (Å²) < 4.78 is 0. The van der Waals surface area contributed by atoms with Gasteiger partial charge in [0.1, 0.15) is 0 Å². The van der Waals surface area contributed by atoms with Crippen molar-refractivity contribution in [1.29, 1.82) is 0 Å². The monoisotopic (exact) mass is 255 g/mol. The second-order valence-electron chi connectivity index (χ2n) is 4.18. The number of hydrogen-bond acceptors (Lipinski definition) is 4. The molecule has 1 aromatic rings. The second kappa shape index (κ2) is 5.19. The number of aryl methyl sites for hydroxylation is 1. The molecule has 1 fully saturated rings. The van der Waals surface area contributed by atoms with Gasteiger partial charge in [-0.3, -0.25) is 4.99 Å². The Morgan fingerprint density at radius 1 is 1.56 bits per heavy atom. The van der Waals surface area contributed by atoms with Crippen LogP contribution in [-0.2, 0) is 6.54 Å². The minimum atomic E-state index is 0.540. The summed E-state index contributed by atoms with van der Waals surface area (Å²) >= 11 is 3.56. The van der Waals surface area contributed by atoms with Crippen LogP contribution >= 0.6 is 23.1 Å². The van der Waals surface area contributed by atoms with E-state index in [1.54, 1.807) is 11.3 Å². The maximum atomic E-state index is 4.61. The van der Waals surface area contributed by atoms with Gasteiger partial charge in [0.05, 0.1) is 11.6 Å². The predicted octanol–water partition coefficient (Wildman–Crippen LogP) is 2.81. The van der Waals surface area contributed by atoms with E-state index in [2.05, 4.69) is 29.1 Å². The second-order valence-corrected chi connectivity index (χ2v) is 6.92. The molecule has 0 aromatic carbocycles. The third-order valence-electron chi connectivity index (χ3n) is 2.42. The van der Waals surface area contributed by atoms with Crippen LogP contribution in [0.2, 0.25) is 0 Å². The van der Waals surface area contributed by atoms with Crippen LogP contribution in [0.25, 0.3) is 0 Å². The molecule has 1 aromatic heterocycles. The number of thiazole rings is 1. The zero-order valence-corrected chi connectivity index (χ0v) is 11.5. The van der Waals surface area contributed by atoms with Gasteiger partial charge in [-0.25, -0.2) is 4.98 Å². The van der Waals surface area contributed by atoms with Crippen LogP contribution < -0.4 is 5.32 Å². The normalized spacial score (nSPS) is 28.1. The molecule has 1 N–H and O–H groups in total. The van der Waals surface area contributed by atoms with E-state index in [4.69, 9.17) is 0 Å². The van der Waals surface area contributed by atoms with Gasteiger partial charge < -0.3 is 5.32 Å². The van der Waals surface area contributed by atoms with Gasteiger partial charge in [0.15, 0.2) is 5.17 Å². The van der Waals surface area contributed by atoms with E-state index < -0.39 is 0 Å². The molecular weight excluding hydrogens is 238 g/mol. The number of aromatic nitrogens is 1. The van der Waals surface area contributed by atoms with Crippen molar-refractivity contribution in [3.8, 4) is 0 Å². The highest BCUT2D eigenvalue weighted by Gasteiger charge is 2.19. The summed E-state index contributed by atoms with van der Waals surface area (Å²) in [6, 6.07) is 0.540. The number of hydrogen-bond donors (Lipinski definition) is 1. The Hall–Kier alpha value is -0.550. The average Bonchev–Trinajstić information content (AvgIpc) is 2.60. The van der Waals surface area contributed by atoms with Gasteiger partial charge in [-0.15, -0.1) is 11.3 Å². The Balaban J connectivity index is 1.96. The molecular formula is C11H17N3S2. The van der Waals surface area contributed by atoms with E-state index in [0.717, 1.165) is 16.7 Å². The largest absolute Gasteiger partial charge is 0.362 e. The predicted molar refractivity (Wildman–Crippen MR) is 72.3 cm³/mol. The SMILES string of the molecule is Cc1ncc(CN=C2NC(C)CC(C)S2)s1. The Bertz CT molecular complexity index is 374. The molecule has 2 unspecified atom stereocenters. The molecule has 0 saturated carbocycles. The van der Waals surface area contributed by atoms with Crippen molar-refractivity contribution < 1.29 is 0 Å². The maximum Gasteiger partial charge on any atom is 0.157 e. The topological polar surface area (TPSA) is 37.3 Å². The molecule has 5 heteroatoms. The minimum absolute atomic E-state index is 0.540. The number of amidine groups is 1. The van der Waals surface area contributed by atoms with Gasteiger partial charge in [-0.2, -0.15) is 0 Å². The van der Waals surface area contributed by atoms with E-state index in [1.165, 1.54) is 11.3 Å². The molecule has 2 rings (SSSR count). The quantitative estimate of drug-likeness (QED) is 0.883. The van der Waals surface area contributed by atoms with E-state index in [0.29, 0.717) is 11.3 Å². The van der Waals surface area contributed by atoms with Crippen LogP contribution in [0.1, 0.15) is 30.2 Å². The molecule has 16 heavy (non-hydrogen) atoms. The minimum Gasteiger partial charge on any atom is -0.362 e. The summed E-state index contributed by atoms with van der Waals surface area (Å²) in [5.74, 6) is 0. The molecule has 3 nitrogen and oxygen atoms in total. The maximum absolute atomic E-state index is 4.61. The summed E-state index contributed by atoms with van der Waals surface area (Å²) in [5, 5.41) is 6.28. The zero-order chi connectivity index (χ0) is 11.5. The van der Waals surface area contributed by atoms with Crippen LogP contribution in [0.5, 0.6) is 0 Å². The average molecular weight is 255 g/mol. The molecule has 0 radical (unpaired) electrons. The van der Waals surface area contributed by atoms with Crippen LogP contribution in [0.15, 0.2) is 11.2 Å². The number of aliphatic imine (C=N–C) groups is 1. The fourth-order valence-corrected chi connectivity index (χ4v) is 3.65. The fourth-order valence-electron chi connectivity index (χ4n) is 1.75. The Morgan fingerprint density at radius 2 is 2.38 bits per heavy atom. The number of thioether (sulfide) groups is 1. The summed E-state index contributed by atoms with van der Waals surface area (Å²) in [6.07, 6.45) is 3.13. The molecule has 0 amide bonds. The van der Waals surface area contributed by atoms with Crippen LogP contribution in [0, 0.1) is 6.92 Å². The number of nitrogens with zero attached hydrogens (tertiary/aromatic N) is 2. The van der Waals surface area contributed by atoms with Gasteiger partial charge in [0, 0.05) is 22.4 Å². The van der Waals surface area contributed by atoms with E-state index in [9.17, 15) is 0 Å². The Labute approximate surface area is 105 Å². The number of nitrogens with one attached hydrogen (secondary N) is 1. The van der Waals surface area contributed by atoms with Crippen molar-refractivity contribution >= 4 is 28.3 Å². The summed E-state index contributed by atoms with van der Waals surface area (Å²) in [4.78, 5) is 10.1. The first-order valence-electron chi connectivity index (χ1n) is 5.52. The lowest BCUT2D eigenvalue weighted by atomic mass is 10.2. The first-order chi connectivity index (χ1) is 7.63. The molecule has 0 bridgehead atoms. The van der Waals surface area contributed by atoms with Crippen LogP contribution in [0.3, 0.4) is 0 Å². The van der Waals surface area contributed by atoms with Crippen molar-refractivity contribution in [1.82, 2.24) is 10.3 Å². The molecule has 2 atom stereocenters. The zero-order valence-electron chi connectivity index (χ0n) is 9.86. The molecule has 2 heterocycles. The van der Waals surface area contributed by atoms with Crippen LogP contribution in [0.4, 0.5) is 0 Å². The highest BCUT2D eigenvalue weighted by molar-refractivity contribution is 8.14. The summed E-state index contributed by atoms with van der Waals surface area (Å²) in [7, 11) is 0. The first-order valence-corrected chi connectivity index (χ1v) is 7.22. The van der Waals surface area contributed by atoms with Crippen molar-refractivity contribution in [2.75, 3.05) is 0 Å². The van der Waals surface area contributed by atoms with Crippen molar-refractivity contribution in [3.63, 3.8) is 0 Å². The van der Waals surface area contributed by atoms with Gasteiger partial charge in [-0.1, -0.05) is 18.7 Å². The molecule has 0 spiro atoms. The van der Waals surface area contributed by atoms with Gasteiger partial charge in [0.2, 0.25) is 0 Å². The highest BCUT2D eigenvalue weighted by Crippen LogP contribution is 2.23. The van der Waals surface area contributed by atoms with Gasteiger partial charge in [0.25, 0.3) is 0 Å². The highest BCUT2D eigenvalue weighted by atomic mass is 32.2. The van der Waals surface area contributed by atoms with E-state index >= 15 is 0 Å². The third-order valence-corrected chi connectivity index (χ3v) is 4.38. The van der Waals surface area contributed by atoms with Gasteiger partial charge in [-0.05, 0) is 20.3 Å². The Kier molecular flexibility index (Phi) is 3.86. The fraction of sp³-hybridized carbons (Fsp3) is 0.636. The smallest absolute Gasteiger partial charge is 0.157 e. The van der Waals surface area contributed by atoms with Crippen molar-refractivity contribution in [2.24, 2.45) is 4.99 Å². The molecule has 1 aliphatic heterocycles. The van der Waals surface area contributed by atoms with E-state index in [-0.39, 0.29) is 0 Å². The van der Waals surface area contributed by atoms with Crippen molar-refractivity contribution in [2.45, 2.75) is 45.0 Å².